The van der Waals surface area contributed by atoms with Gasteiger partial charge in [0.1, 0.15) is 30.8 Å². The number of fused-ring (bicyclic) bond motifs is 5. The summed E-state index contributed by atoms with van der Waals surface area (Å²) in [5.41, 5.74) is 25.4. The standard InChI is InChI=1S/C53H66N6O7/c1-32-25-39(36-11-14-40(15-12-36)53(4,5)6)26-33(2)49(32)45(61)31-38(18-20-55)52(64)59(7)50-37-13-17-48(66-24-22-57)42(30-37)41-28-35(10-16-47(41)65-23-21-56)29-43(44(60)9-8-19-54)58-51(63)34(3)27-46(50)62/h10-17,25-26,28,30,34,38,43,50H,8-9,18,20-24,27,29,31,55-57H2,1-7H3,(H,58,63)/t34-,38-,43+,50+/m1/s1. The molecule has 4 bridgehead atoms. The number of nitrogens with one attached hydrogen (secondary N) is 1. The minimum Gasteiger partial charge on any atom is -0.492 e. The molecule has 66 heavy (non-hydrogen) atoms. The zero-order chi connectivity index (χ0) is 48.3. The maximum Gasteiger partial charge on any atom is 0.226 e. The topological polar surface area (TPSA) is 221 Å². The molecule has 0 saturated heterocycles. The summed E-state index contributed by atoms with van der Waals surface area (Å²) in [6.07, 6.45) is -0.241. The van der Waals surface area contributed by atoms with Crippen LogP contribution in [0.4, 0.5) is 0 Å². The van der Waals surface area contributed by atoms with E-state index >= 15 is 0 Å². The van der Waals surface area contributed by atoms with E-state index in [0.29, 0.717) is 39.3 Å². The third-order valence-corrected chi connectivity index (χ3v) is 12.2. The van der Waals surface area contributed by atoms with Crippen molar-refractivity contribution in [3.63, 3.8) is 0 Å². The van der Waals surface area contributed by atoms with Gasteiger partial charge >= 0.3 is 0 Å². The van der Waals surface area contributed by atoms with E-state index in [1.54, 1.807) is 37.3 Å². The van der Waals surface area contributed by atoms with Crippen molar-refractivity contribution in [2.24, 2.45) is 29.0 Å². The number of aryl methyl sites for hydroxylation is 2. The van der Waals surface area contributed by atoms with E-state index < -0.39 is 41.5 Å². The van der Waals surface area contributed by atoms with Crippen molar-refractivity contribution in [1.29, 1.82) is 5.26 Å². The van der Waals surface area contributed by atoms with Crippen LogP contribution in [0.5, 0.6) is 11.5 Å². The van der Waals surface area contributed by atoms with Gasteiger partial charge in [0.05, 0.1) is 12.1 Å². The van der Waals surface area contributed by atoms with Gasteiger partial charge in [-0.2, -0.15) is 5.26 Å². The fourth-order valence-electron chi connectivity index (χ4n) is 8.70. The second kappa shape index (κ2) is 22.8. The summed E-state index contributed by atoms with van der Waals surface area (Å²) in [6.45, 7) is 12.8. The van der Waals surface area contributed by atoms with Crippen molar-refractivity contribution >= 4 is 29.2 Å². The highest BCUT2D eigenvalue weighted by Gasteiger charge is 2.36. The number of Topliss-reactive ketones (excluding diaryl/α,β-unsaturated/α-hetero) is 3. The SMILES string of the molecule is Cc1cc(-c2ccc(C(C)(C)C)cc2)cc(C)c1C(=O)C[C@@H](CCN)C(=O)N(C)[C@@H]1C(=O)C[C@@H](C)C(=O)N[C@H](C(=O)CCC#N)Cc2ccc(OCCN)c(c2)-c2cc1ccc2OCCN. The third-order valence-electron chi connectivity index (χ3n) is 12.2. The Morgan fingerprint density at radius 1 is 0.833 bits per heavy atom. The molecule has 0 spiro atoms. The molecule has 0 saturated carbocycles. The minimum absolute atomic E-state index is 0.0104. The van der Waals surface area contributed by atoms with Crippen LogP contribution in [0, 0.1) is 37.0 Å². The number of carbonyl (C=O) groups excluding carboxylic acids is 5. The van der Waals surface area contributed by atoms with Crippen LogP contribution in [0.1, 0.15) is 104 Å². The molecule has 5 rings (SSSR count). The summed E-state index contributed by atoms with van der Waals surface area (Å²) in [5, 5.41) is 12.1. The van der Waals surface area contributed by atoms with Crippen molar-refractivity contribution in [3.8, 4) is 39.8 Å². The van der Waals surface area contributed by atoms with Crippen LogP contribution in [0.15, 0.2) is 72.8 Å². The molecule has 0 aromatic heterocycles. The Labute approximate surface area is 389 Å². The average Bonchev–Trinajstić information content (AvgIpc) is 3.28. The highest BCUT2D eigenvalue weighted by Crippen LogP contribution is 2.41. The lowest BCUT2D eigenvalue weighted by molar-refractivity contribution is -0.142. The lowest BCUT2D eigenvalue weighted by atomic mass is 9.85. The molecule has 13 nitrogen and oxygen atoms in total. The molecule has 1 aliphatic heterocycles. The van der Waals surface area contributed by atoms with E-state index in [2.05, 4.69) is 50.4 Å². The van der Waals surface area contributed by atoms with E-state index in [-0.39, 0.29) is 88.4 Å². The second-order valence-electron chi connectivity index (χ2n) is 18.4. The maximum absolute atomic E-state index is 14.9. The molecule has 2 amide bonds. The van der Waals surface area contributed by atoms with E-state index in [1.807, 2.05) is 38.1 Å². The predicted octanol–water partition coefficient (Wildman–Crippen LogP) is 6.86. The lowest BCUT2D eigenvalue weighted by Crippen LogP contribution is -2.46. The Bertz CT molecular complexity index is 2430. The monoisotopic (exact) mass is 898 g/mol. The number of ketones is 3. The number of nitrogens with zero attached hydrogens (tertiary/aromatic N) is 2. The van der Waals surface area contributed by atoms with Crippen LogP contribution in [0.2, 0.25) is 0 Å². The molecule has 0 fully saturated rings. The zero-order valence-corrected chi connectivity index (χ0v) is 39.5. The average molecular weight is 899 g/mol. The summed E-state index contributed by atoms with van der Waals surface area (Å²) in [4.78, 5) is 72.6. The zero-order valence-electron chi connectivity index (χ0n) is 39.5. The quantitative estimate of drug-likeness (QED) is 0.0803. The van der Waals surface area contributed by atoms with Gasteiger partial charge in [0, 0.05) is 74.3 Å². The fraction of sp³-hybridized carbons (Fsp3) is 0.434. The highest BCUT2D eigenvalue weighted by atomic mass is 16.5. The molecule has 0 unspecified atom stereocenters. The van der Waals surface area contributed by atoms with Crippen LogP contribution in [0.25, 0.3) is 22.3 Å². The molecule has 0 aliphatic carbocycles. The third kappa shape index (κ3) is 12.4. The maximum atomic E-state index is 14.9. The van der Waals surface area contributed by atoms with E-state index in [1.165, 1.54) is 17.5 Å². The van der Waals surface area contributed by atoms with Crippen LogP contribution in [-0.4, -0.2) is 80.0 Å². The van der Waals surface area contributed by atoms with Gasteiger partial charge in [0.2, 0.25) is 11.8 Å². The van der Waals surface area contributed by atoms with Gasteiger partial charge in [-0.25, -0.2) is 0 Å². The molecular formula is C53H66N6O7. The van der Waals surface area contributed by atoms with Crippen molar-refractivity contribution in [2.75, 3.05) is 39.9 Å². The molecule has 350 valence electrons. The number of rotatable bonds is 17. The summed E-state index contributed by atoms with van der Waals surface area (Å²) >= 11 is 0. The first-order valence-corrected chi connectivity index (χ1v) is 22.8. The molecule has 4 atom stereocenters. The number of nitrogens with two attached hydrogens (primary N) is 3. The number of likely N-dealkylation sites (N-methyl/N-ethyl adjacent to an activating group) is 1. The Hall–Kier alpha value is -6.20. The molecule has 4 aromatic carbocycles. The summed E-state index contributed by atoms with van der Waals surface area (Å²) in [5.74, 6) is -2.87. The Morgan fingerprint density at radius 3 is 2.02 bits per heavy atom. The van der Waals surface area contributed by atoms with Crippen molar-refractivity contribution in [3.05, 3.63) is 106 Å². The molecule has 0 radical (unpaired) electrons. The van der Waals surface area contributed by atoms with Crippen LogP contribution >= 0.6 is 0 Å². The first-order chi connectivity index (χ1) is 31.4. The molecule has 7 N–H and O–H groups in total. The number of hydrogen-bond donors (Lipinski definition) is 4. The van der Waals surface area contributed by atoms with Crippen molar-refractivity contribution < 1.29 is 33.4 Å². The van der Waals surface area contributed by atoms with Gasteiger partial charge in [0.25, 0.3) is 0 Å². The summed E-state index contributed by atoms with van der Waals surface area (Å²) in [7, 11) is 1.53. The van der Waals surface area contributed by atoms with Crippen molar-refractivity contribution in [1.82, 2.24) is 10.2 Å². The van der Waals surface area contributed by atoms with Gasteiger partial charge in [-0.3, -0.25) is 24.0 Å². The van der Waals surface area contributed by atoms with Gasteiger partial charge in [-0.15, -0.1) is 0 Å². The van der Waals surface area contributed by atoms with Crippen molar-refractivity contribution in [2.45, 2.75) is 97.6 Å². The first-order valence-electron chi connectivity index (χ1n) is 22.8. The van der Waals surface area contributed by atoms with E-state index in [4.69, 9.17) is 26.7 Å². The van der Waals surface area contributed by atoms with E-state index in [0.717, 1.165) is 22.3 Å². The molecule has 13 heteroatoms. The smallest absolute Gasteiger partial charge is 0.226 e. The normalized spacial score (nSPS) is 16.9. The summed E-state index contributed by atoms with van der Waals surface area (Å²) < 4.78 is 12.3. The lowest BCUT2D eigenvalue weighted by Gasteiger charge is -2.32. The van der Waals surface area contributed by atoms with Gasteiger partial charge < -0.3 is 36.9 Å². The van der Waals surface area contributed by atoms with Gasteiger partial charge in [-0.05, 0) is 102 Å². The van der Waals surface area contributed by atoms with E-state index in [9.17, 15) is 29.2 Å². The van der Waals surface area contributed by atoms with Gasteiger partial charge in [0.15, 0.2) is 17.3 Å². The minimum atomic E-state index is -1.22. The molecule has 1 heterocycles. The summed E-state index contributed by atoms with van der Waals surface area (Å²) in [6, 6.07) is 22.8. The predicted molar refractivity (Wildman–Crippen MR) is 257 cm³/mol. The number of carbonyl (C=O) groups is 5. The largest absolute Gasteiger partial charge is 0.492 e. The number of benzene rings is 4. The fourth-order valence-corrected chi connectivity index (χ4v) is 8.70. The number of ether oxygens (including phenoxy) is 2. The number of nitriles is 1. The van der Waals surface area contributed by atoms with Crippen LogP contribution in [0.3, 0.4) is 0 Å². The Kier molecular flexibility index (Phi) is 17.6. The molecule has 1 aliphatic rings. The Balaban J connectivity index is 1.57. The second-order valence-corrected chi connectivity index (χ2v) is 18.4. The number of amides is 2. The first kappa shape index (κ1) is 50.8. The Morgan fingerprint density at radius 2 is 1.44 bits per heavy atom. The van der Waals surface area contributed by atoms with Gasteiger partial charge in [-0.1, -0.05) is 76.2 Å². The molecular weight excluding hydrogens is 833 g/mol. The van der Waals surface area contributed by atoms with Crippen LogP contribution in [-0.2, 0) is 31.0 Å². The highest BCUT2D eigenvalue weighted by molar-refractivity contribution is 6.02. The molecule has 4 aromatic rings. The number of hydrogen-bond acceptors (Lipinski definition) is 11. The van der Waals surface area contributed by atoms with Crippen LogP contribution < -0.4 is 32.0 Å².